The fourth-order valence-corrected chi connectivity index (χ4v) is 3.41. The molecule has 114 valence electrons. The van der Waals surface area contributed by atoms with E-state index < -0.39 is 11.4 Å². The quantitative estimate of drug-likeness (QED) is 0.889. The second-order valence-corrected chi connectivity index (χ2v) is 6.93. The molecule has 5 heteroatoms. The molecule has 1 aliphatic heterocycles. The Hall–Kier alpha value is -1.88. The lowest BCUT2D eigenvalue weighted by Crippen LogP contribution is -2.34. The third-order valence-electron chi connectivity index (χ3n) is 4.33. The predicted molar refractivity (Wildman–Crippen MR) is 87.9 cm³/mol. The zero-order chi connectivity index (χ0) is 15.9. The first kappa shape index (κ1) is 15.0. The van der Waals surface area contributed by atoms with Crippen LogP contribution >= 0.6 is 15.9 Å². The summed E-state index contributed by atoms with van der Waals surface area (Å²) in [6.45, 7) is 2.42. The van der Waals surface area contributed by atoms with Crippen molar-refractivity contribution in [3.05, 3.63) is 46.4 Å². The minimum absolute atomic E-state index is 0.109. The zero-order valence-electron chi connectivity index (χ0n) is 12.2. The Balaban J connectivity index is 1.99. The van der Waals surface area contributed by atoms with Crippen LogP contribution in [0.1, 0.15) is 23.7 Å². The van der Waals surface area contributed by atoms with Crippen molar-refractivity contribution < 1.29 is 14.7 Å². The Labute approximate surface area is 136 Å². The number of fused-ring (bicyclic) bond motifs is 1. The largest absolute Gasteiger partial charge is 0.481 e. The van der Waals surface area contributed by atoms with Gasteiger partial charge in [-0.05, 0) is 36.2 Å². The average Bonchev–Trinajstić information content (AvgIpc) is 2.89. The number of likely N-dealkylation sites (tertiary alicyclic amines) is 1. The highest BCUT2D eigenvalue weighted by atomic mass is 79.9. The Kier molecular flexibility index (Phi) is 3.68. The van der Waals surface area contributed by atoms with Crippen molar-refractivity contribution in [3.8, 4) is 0 Å². The van der Waals surface area contributed by atoms with Gasteiger partial charge in [-0.25, -0.2) is 0 Å². The number of amides is 1. The molecule has 4 nitrogen and oxygen atoms in total. The molecule has 0 aromatic heterocycles. The monoisotopic (exact) mass is 361 g/mol. The van der Waals surface area contributed by atoms with E-state index in [1.807, 2.05) is 30.3 Å². The Morgan fingerprint density at radius 1 is 1.27 bits per heavy atom. The van der Waals surface area contributed by atoms with Gasteiger partial charge in [-0.15, -0.1) is 0 Å². The number of carbonyl (C=O) groups excluding carboxylic acids is 1. The van der Waals surface area contributed by atoms with Gasteiger partial charge in [0.1, 0.15) is 0 Å². The maximum absolute atomic E-state index is 12.8. The van der Waals surface area contributed by atoms with E-state index in [2.05, 4.69) is 15.9 Å². The number of rotatable bonds is 2. The van der Waals surface area contributed by atoms with Gasteiger partial charge in [-0.3, -0.25) is 9.59 Å². The number of aliphatic carboxylic acids is 1. The molecule has 1 amide bonds. The van der Waals surface area contributed by atoms with Gasteiger partial charge in [-0.2, -0.15) is 0 Å². The van der Waals surface area contributed by atoms with Gasteiger partial charge in [0.15, 0.2) is 0 Å². The molecule has 1 atom stereocenters. The highest BCUT2D eigenvalue weighted by Gasteiger charge is 2.42. The summed E-state index contributed by atoms with van der Waals surface area (Å²) in [6, 6.07) is 11.5. The van der Waals surface area contributed by atoms with Gasteiger partial charge in [0.2, 0.25) is 0 Å². The van der Waals surface area contributed by atoms with E-state index in [0.29, 0.717) is 18.5 Å². The van der Waals surface area contributed by atoms with Crippen molar-refractivity contribution in [3.63, 3.8) is 0 Å². The minimum atomic E-state index is -0.850. The summed E-state index contributed by atoms with van der Waals surface area (Å²) >= 11 is 3.44. The van der Waals surface area contributed by atoms with E-state index in [1.54, 1.807) is 17.9 Å². The second-order valence-electron chi connectivity index (χ2n) is 6.02. The lowest BCUT2D eigenvalue weighted by molar-refractivity contribution is -0.147. The number of benzene rings is 2. The van der Waals surface area contributed by atoms with Crippen molar-refractivity contribution in [2.24, 2.45) is 5.41 Å². The molecule has 0 saturated carbocycles. The smallest absolute Gasteiger partial charge is 0.311 e. The van der Waals surface area contributed by atoms with Gasteiger partial charge in [0.05, 0.1) is 5.41 Å². The molecule has 0 spiro atoms. The highest BCUT2D eigenvalue weighted by Crippen LogP contribution is 2.32. The molecule has 1 heterocycles. The number of hydrogen-bond acceptors (Lipinski definition) is 2. The van der Waals surface area contributed by atoms with Crippen LogP contribution in [-0.2, 0) is 4.79 Å². The van der Waals surface area contributed by atoms with Gasteiger partial charge in [0, 0.05) is 23.1 Å². The molecule has 1 N–H and O–H groups in total. The number of carboxylic acid groups (broad SMARTS) is 1. The van der Waals surface area contributed by atoms with Gasteiger partial charge in [0.25, 0.3) is 5.91 Å². The van der Waals surface area contributed by atoms with E-state index >= 15 is 0 Å². The number of halogens is 1. The van der Waals surface area contributed by atoms with Crippen molar-refractivity contribution in [1.29, 1.82) is 0 Å². The third kappa shape index (κ3) is 2.50. The first-order valence-corrected chi connectivity index (χ1v) is 7.91. The predicted octanol–water partition coefficient (Wildman–Crippen LogP) is 3.54. The van der Waals surface area contributed by atoms with Crippen LogP contribution in [0.5, 0.6) is 0 Å². The van der Waals surface area contributed by atoms with Gasteiger partial charge < -0.3 is 10.0 Å². The number of carbonyl (C=O) groups is 2. The molecular formula is C17H16BrNO3. The zero-order valence-corrected chi connectivity index (χ0v) is 13.8. The normalized spacial score (nSPS) is 21.3. The lowest BCUT2D eigenvalue weighted by atomic mass is 9.90. The van der Waals surface area contributed by atoms with Crippen LogP contribution in [0.4, 0.5) is 0 Å². The van der Waals surface area contributed by atoms with Crippen molar-refractivity contribution in [2.45, 2.75) is 13.3 Å². The van der Waals surface area contributed by atoms with Crippen LogP contribution in [0.25, 0.3) is 10.8 Å². The lowest BCUT2D eigenvalue weighted by Gasteiger charge is -2.21. The Morgan fingerprint density at radius 2 is 2.00 bits per heavy atom. The van der Waals surface area contributed by atoms with E-state index in [9.17, 15) is 14.7 Å². The van der Waals surface area contributed by atoms with E-state index in [-0.39, 0.29) is 12.5 Å². The molecule has 1 saturated heterocycles. The van der Waals surface area contributed by atoms with Gasteiger partial charge >= 0.3 is 5.97 Å². The summed E-state index contributed by atoms with van der Waals surface area (Å²) in [5, 5.41) is 11.2. The summed E-state index contributed by atoms with van der Waals surface area (Å²) in [7, 11) is 0. The van der Waals surface area contributed by atoms with Crippen molar-refractivity contribution in [2.75, 3.05) is 13.1 Å². The minimum Gasteiger partial charge on any atom is -0.481 e. The summed E-state index contributed by atoms with van der Waals surface area (Å²) in [6.07, 6.45) is 0.486. The molecule has 1 aliphatic rings. The standard InChI is InChI=1S/C17H16BrNO3/c1-17(16(21)22)6-7-19(10-17)15(20)14-9-12(18)8-11-4-2-3-5-13(11)14/h2-5,8-9H,6-7,10H2,1H3,(H,21,22). The molecule has 2 aromatic carbocycles. The van der Waals surface area contributed by atoms with E-state index in [4.69, 9.17) is 0 Å². The van der Waals surface area contributed by atoms with Gasteiger partial charge in [-0.1, -0.05) is 40.2 Å². The summed E-state index contributed by atoms with van der Waals surface area (Å²) in [5.41, 5.74) is -0.239. The Bertz CT molecular complexity index is 774. The van der Waals surface area contributed by atoms with Crippen LogP contribution in [0.3, 0.4) is 0 Å². The first-order valence-electron chi connectivity index (χ1n) is 7.12. The molecule has 3 rings (SSSR count). The van der Waals surface area contributed by atoms with Crippen LogP contribution in [-0.4, -0.2) is 35.0 Å². The topological polar surface area (TPSA) is 57.6 Å². The molecule has 1 unspecified atom stereocenters. The van der Waals surface area contributed by atoms with Crippen LogP contribution in [0.15, 0.2) is 40.9 Å². The number of hydrogen-bond donors (Lipinski definition) is 1. The maximum atomic E-state index is 12.8. The average molecular weight is 362 g/mol. The van der Waals surface area contributed by atoms with E-state index in [0.717, 1.165) is 15.2 Å². The van der Waals surface area contributed by atoms with E-state index in [1.165, 1.54) is 0 Å². The SMILES string of the molecule is CC1(C(=O)O)CCN(C(=O)c2cc(Br)cc3ccccc23)C1. The maximum Gasteiger partial charge on any atom is 0.311 e. The highest BCUT2D eigenvalue weighted by molar-refractivity contribution is 9.10. The fourth-order valence-electron chi connectivity index (χ4n) is 2.93. The summed E-state index contributed by atoms with van der Waals surface area (Å²) < 4.78 is 0.842. The first-order chi connectivity index (χ1) is 10.4. The molecule has 1 fully saturated rings. The fraction of sp³-hybridized carbons (Fsp3) is 0.294. The second kappa shape index (κ2) is 5.39. The van der Waals surface area contributed by atoms with Crippen molar-refractivity contribution >= 4 is 38.6 Å². The molecule has 22 heavy (non-hydrogen) atoms. The molecule has 2 aromatic rings. The molecule has 0 radical (unpaired) electrons. The number of carboxylic acids is 1. The molecule has 0 bridgehead atoms. The van der Waals surface area contributed by atoms with Crippen LogP contribution < -0.4 is 0 Å². The summed E-state index contributed by atoms with van der Waals surface area (Å²) in [5.74, 6) is -0.954. The summed E-state index contributed by atoms with van der Waals surface area (Å²) in [4.78, 5) is 25.8. The van der Waals surface area contributed by atoms with Crippen LogP contribution in [0, 0.1) is 5.41 Å². The van der Waals surface area contributed by atoms with Crippen LogP contribution in [0.2, 0.25) is 0 Å². The molecule has 0 aliphatic carbocycles. The Morgan fingerprint density at radius 3 is 2.68 bits per heavy atom. The third-order valence-corrected chi connectivity index (χ3v) is 4.79. The number of nitrogens with zero attached hydrogens (tertiary/aromatic N) is 1. The molecular weight excluding hydrogens is 346 g/mol. The van der Waals surface area contributed by atoms with Crippen molar-refractivity contribution in [1.82, 2.24) is 4.90 Å².